The summed E-state index contributed by atoms with van der Waals surface area (Å²) in [7, 11) is 3.40. The fraction of sp³-hybridized carbons (Fsp3) is 0.471. The standard InChI is InChI=1S/C17H21N3O3/c1-10-7-18-13(11(2)15(10)22-4)8-20(3)17(21)14-16(12-5-6-12)23-9-19-14/h7,9,12H,5-6,8H2,1-4H3. The minimum absolute atomic E-state index is 0.138. The second kappa shape index (κ2) is 6.02. The second-order valence-corrected chi connectivity index (χ2v) is 6.05. The molecule has 0 N–H and O–H groups in total. The lowest BCUT2D eigenvalue weighted by molar-refractivity contribution is 0.0775. The third kappa shape index (κ3) is 2.93. The Morgan fingerprint density at radius 3 is 2.78 bits per heavy atom. The molecule has 1 saturated carbocycles. The van der Waals surface area contributed by atoms with Gasteiger partial charge in [-0.3, -0.25) is 9.78 Å². The Morgan fingerprint density at radius 1 is 1.39 bits per heavy atom. The molecule has 2 heterocycles. The molecular weight excluding hydrogens is 294 g/mol. The molecule has 2 aromatic rings. The monoisotopic (exact) mass is 315 g/mol. The quantitative estimate of drug-likeness (QED) is 0.848. The number of oxazole rings is 1. The number of hydrogen-bond acceptors (Lipinski definition) is 5. The van der Waals surface area contributed by atoms with Crippen molar-refractivity contribution in [3.05, 3.63) is 40.9 Å². The Bertz CT molecular complexity index is 735. The van der Waals surface area contributed by atoms with E-state index in [4.69, 9.17) is 9.15 Å². The van der Waals surface area contributed by atoms with E-state index in [0.717, 1.165) is 35.4 Å². The van der Waals surface area contributed by atoms with Gasteiger partial charge in [-0.25, -0.2) is 4.98 Å². The highest BCUT2D eigenvalue weighted by Crippen LogP contribution is 2.41. The van der Waals surface area contributed by atoms with Gasteiger partial charge in [-0.05, 0) is 26.7 Å². The van der Waals surface area contributed by atoms with Crippen molar-refractivity contribution in [1.82, 2.24) is 14.9 Å². The predicted octanol–water partition coefficient (Wildman–Crippen LogP) is 2.84. The lowest BCUT2D eigenvalue weighted by Gasteiger charge is -2.19. The maximum absolute atomic E-state index is 12.6. The molecule has 2 aromatic heterocycles. The van der Waals surface area contributed by atoms with Gasteiger partial charge >= 0.3 is 0 Å². The van der Waals surface area contributed by atoms with Crippen molar-refractivity contribution < 1.29 is 13.9 Å². The van der Waals surface area contributed by atoms with Gasteiger partial charge in [0.2, 0.25) is 0 Å². The van der Waals surface area contributed by atoms with Gasteiger partial charge in [-0.2, -0.15) is 0 Å². The van der Waals surface area contributed by atoms with E-state index >= 15 is 0 Å². The summed E-state index contributed by atoms with van der Waals surface area (Å²) in [6.07, 6.45) is 5.25. The van der Waals surface area contributed by atoms with E-state index in [0.29, 0.717) is 23.9 Å². The van der Waals surface area contributed by atoms with Crippen LogP contribution in [0.4, 0.5) is 0 Å². The van der Waals surface area contributed by atoms with Crippen LogP contribution in [-0.4, -0.2) is 34.9 Å². The average molecular weight is 315 g/mol. The summed E-state index contributed by atoms with van der Waals surface area (Å²) in [5.74, 6) is 1.74. The van der Waals surface area contributed by atoms with Gasteiger partial charge in [0.15, 0.2) is 12.1 Å². The number of carbonyl (C=O) groups is 1. The fourth-order valence-corrected chi connectivity index (χ4v) is 2.76. The van der Waals surface area contributed by atoms with Crippen molar-refractivity contribution in [2.24, 2.45) is 0 Å². The summed E-state index contributed by atoms with van der Waals surface area (Å²) in [6, 6.07) is 0. The van der Waals surface area contributed by atoms with Crippen molar-refractivity contribution in [3.63, 3.8) is 0 Å². The van der Waals surface area contributed by atoms with Gasteiger partial charge in [0.05, 0.1) is 19.3 Å². The molecule has 6 nitrogen and oxygen atoms in total. The molecule has 122 valence electrons. The Hall–Kier alpha value is -2.37. The lowest BCUT2D eigenvalue weighted by atomic mass is 10.1. The van der Waals surface area contributed by atoms with Crippen LogP contribution < -0.4 is 4.74 Å². The number of aryl methyl sites for hydroxylation is 1. The summed E-state index contributed by atoms with van der Waals surface area (Å²) in [5.41, 5.74) is 3.18. The van der Waals surface area contributed by atoms with Crippen molar-refractivity contribution in [1.29, 1.82) is 0 Å². The molecule has 0 bridgehead atoms. The third-order valence-electron chi connectivity index (χ3n) is 4.23. The summed E-state index contributed by atoms with van der Waals surface area (Å²) in [4.78, 5) is 22.8. The molecule has 0 spiro atoms. The van der Waals surface area contributed by atoms with E-state index in [-0.39, 0.29) is 5.91 Å². The number of hydrogen-bond donors (Lipinski definition) is 0. The zero-order valence-corrected chi connectivity index (χ0v) is 13.9. The first-order valence-corrected chi connectivity index (χ1v) is 7.70. The van der Waals surface area contributed by atoms with Crippen LogP contribution in [0.25, 0.3) is 0 Å². The number of rotatable bonds is 5. The maximum Gasteiger partial charge on any atom is 0.276 e. The van der Waals surface area contributed by atoms with Crippen molar-refractivity contribution in [2.45, 2.75) is 39.2 Å². The topological polar surface area (TPSA) is 68.5 Å². The van der Waals surface area contributed by atoms with Crippen molar-refractivity contribution in [3.8, 4) is 5.75 Å². The molecule has 6 heteroatoms. The smallest absolute Gasteiger partial charge is 0.276 e. The summed E-state index contributed by atoms with van der Waals surface area (Å²) < 4.78 is 10.8. The SMILES string of the molecule is COc1c(C)cnc(CN(C)C(=O)c2ncoc2C2CC2)c1C. The van der Waals surface area contributed by atoms with Gasteiger partial charge in [0.25, 0.3) is 5.91 Å². The first-order valence-electron chi connectivity index (χ1n) is 7.70. The van der Waals surface area contributed by atoms with E-state index < -0.39 is 0 Å². The number of methoxy groups -OCH3 is 1. The van der Waals surface area contributed by atoms with E-state index in [1.54, 1.807) is 25.3 Å². The third-order valence-corrected chi connectivity index (χ3v) is 4.23. The minimum Gasteiger partial charge on any atom is -0.496 e. The molecule has 0 aromatic carbocycles. The van der Waals surface area contributed by atoms with Gasteiger partial charge in [0, 0.05) is 30.3 Å². The molecule has 0 aliphatic heterocycles. The van der Waals surface area contributed by atoms with Crippen molar-refractivity contribution >= 4 is 5.91 Å². The number of ether oxygens (including phenoxy) is 1. The first-order chi connectivity index (χ1) is 11.0. The van der Waals surface area contributed by atoms with Gasteiger partial charge in [-0.1, -0.05) is 0 Å². The first kappa shape index (κ1) is 15.5. The zero-order chi connectivity index (χ0) is 16.6. The second-order valence-electron chi connectivity index (χ2n) is 6.05. The predicted molar refractivity (Wildman–Crippen MR) is 84.5 cm³/mol. The lowest BCUT2D eigenvalue weighted by Crippen LogP contribution is -2.28. The van der Waals surface area contributed by atoms with Crippen LogP contribution in [-0.2, 0) is 6.54 Å². The molecule has 1 fully saturated rings. The molecule has 0 atom stereocenters. The number of amides is 1. The molecular formula is C17H21N3O3. The Kier molecular flexibility index (Phi) is 4.07. The summed E-state index contributed by atoms with van der Waals surface area (Å²) in [6.45, 7) is 4.31. The Labute approximate surface area is 135 Å². The highest BCUT2D eigenvalue weighted by Gasteiger charge is 2.33. The highest BCUT2D eigenvalue weighted by molar-refractivity contribution is 5.93. The Balaban J connectivity index is 1.80. The van der Waals surface area contributed by atoms with E-state index in [1.807, 2.05) is 13.8 Å². The maximum atomic E-state index is 12.6. The van der Waals surface area contributed by atoms with Crippen LogP contribution in [0.3, 0.4) is 0 Å². The van der Waals surface area contributed by atoms with E-state index in [9.17, 15) is 4.79 Å². The Morgan fingerprint density at radius 2 is 2.13 bits per heavy atom. The molecule has 0 radical (unpaired) electrons. The number of aromatic nitrogens is 2. The largest absolute Gasteiger partial charge is 0.496 e. The van der Waals surface area contributed by atoms with Gasteiger partial charge < -0.3 is 14.1 Å². The number of nitrogens with zero attached hydrogens (tertiary/aromatic N) is 3. The highest BCUT2D eigenvalue weighted by atomic mass is 16.5. The van der Waals surface area contributed by atoms with Crippen LogP contribution in [0.15, 0.2) is 17.0 Å². The van der Waals surface area contributed by atoms with E-state index in [1.165, 1.54) is 6.39 Å². The molecule has 23 heavy (non-hydrogen) atoms. The van der Waals surface area contributed by atoms with E-state index in [2.05, 4.69) is 9.97 Å². The normalized spacial score (nSPS) is 13.9. The molecule has 3 rings (SSSR count). The average Bonchev–Trinajstić information content (AvgIpc) is 3.27. The van der Waals surface area contributed by atoms with Gasteiger partial charge in [-0.15, -0.1) is 0 Å². The zero-order valence-electron chi connectivity index (χ0n) is 13.9. The van der Waals surface area contributed by atoms with Crippen LogP contribution in [0.2, 0.25) is 0 Å². The van der Waals surface area contributed by atoms with Crippen LogP contribution in [0.5, 0.6) is 5.75 Å². The summed E-state index contributed by atoms with van der Waals surface area (Å²) >= 11 is 0. The molecule has 1 aliphatic rings. The van der Waals surface area contributed by atoms with Crippen LogP contribution in [0.1, 0.15) is 51.8 Å². The minimum atomic E-state index is -0.138. The molecule has 1 amide bonds. The van der Waals surface area contributed by atoms with Gasteiger partial charge in [0.1, 0.15) is 11.5 Å². The molecule has 1 aliphatic carbocycles. The summed E-state index contributed by atoms with van der Waals surface area (Å²) in [5, 5.41) is 0. The molecule has 0 unspecified atom stereocenters. The van der Waals surface area contributed by atoms with Crippen molar-refractivity contribution in [2.75, 3.05) is 14.2 Å². The number of pyridine rings is 1. The van der Waals surface area contributed by atoms with Crippen LogP contribution >= 0.6 is 0 Å². The van der Waals surface area contributed by atoms with Crippen LogP contribution in [0, 0.1) is 13.8 Å². The molecule has 0 saturated heterocycles. The number of carbonyl (C=O) groups excluding carboxylic acids is 1. The fourth-order valence-electron chi connectivity index (χ4n) is 2.76.